The van der Waals surface area contributed by atoms with Gasteiger partial charge in [-0.2, -0.15) is 5.26 Å². The monoisotopic (exact) mass is 220 g/mol. The summed E-state index contributed by atoms with van der Waals surface area (Å²) >= 11 is 0. The van der Waals surface area contributed by atoms with E-state index in [-0.39, 0.29) is 6.04 Å². The van der Waals surface area contributed by atoms with Crippen molar-refractivity contribution >= 4 is 0 Å². The highest BCUT2D eigenvalue weighted by Gasteiger charge is 2.23. The highest BCUT2D eigenvalue weighted by molar-refractivity contribution is 5.48. The quantitative estimate of drug-likeness (QED) is 0.763. The van der Waals surface area contributed by atoms with Crippen molar-refractivity contribution in [3.63, 3.8) is 0 Å². The van der Waals surface area contributed by atoms with Crippen LogP contribution in [0.5, 0.6) is 5.75 Å². The van der Waals surface area contributed by atoms with E-state index in [1.54, 1.807) is 0 Å². The third kappa shape index (κ3) is 1.86. The molecular weight excluding hydrogens is 207 g/mol. The standard InChI is InChI=1S/C12H13FN2O/c13-9-5-4-8(7-14)11(12(9)16)10-3-1-2-6-15-10/h4-5,10,15-16H,1-3,6H2/t10-/m1/s1. The predicted molar refractivity (Wildman–Crippen MR) is 57.4 cm³/mol. The van der Waals surface area contributed by atoms with Crippen LogP contribution in [-0.2, 0) is 0 Å². The van der Waals surface area contributed by atoms with Gasteiger partial charge in [0.15, 0.2) is 11.6 Å². The van der Waals surface area contributed by atoms with E-state index < -0.39 is 11.6 Å². The van der Waals surface area contributed by atoms with E-state index in [1.165, 1.54) is 6.07 Å². The molecule has 0 amide bonds. The molecule has 1 aliphatic heterocycles. The minimum absolute atomic E-state index is 0.112. The Kier molecular flexibility index (Phi) is 3.07. The zero-order chi connectivity index (χ0) is 11.5. The molecule has 0 spiro atoms. The number of nitriles is 1. The average molecular weight is 220 g/mol. The zero-order valence-electron chi connectivity index (χ0n) is 8.83. The molecule has 4 heteroatoms. The Morgan fingerprint density at radius 1 is 1.44 bits per heavy atom. The molecule has 0 unspecified atom stereocenters. The van der Waals surface area contributed by atoms with Gasteiger partial charge in [-0.25, -0.2) is 4.39 Å². The first-order chi connectivity index (χ1) is 7.74. The van der Waals surface area contributed by atoms with E-state index in [1.807, 2.05) is 6.07 Å². The molecule has 0 saturated carbocycles. The maximum absolute atomic E-state index is 13.3. The Bertz CT molecular complexity index is 433. The molecule has 0 aromatic heterocycles. The topological polar surface area (TPSA) is 56.0 Å². The Balaban J connectivity index is 2.44. The van der Waals surface area contributed by atoms with Gasteiger partial charge in [0.25, 0.3) is 0 Å². The molecule has 1 aliphatic rings. The van der Waals surface area contributed by atoms with Crippen LogP contribution in [0.2, 0.25) is 0 Å². The van der Waals surface area contributed by atoms with Gasteiger partial charge in [0, 0.05) is 11.6 Å². The molecular formula is C12H13FN2O. The number of benzene rings is 1. The SMILES string of the molecule is N#Cc1ccc(F)c(O)c1[C@H]1CCCCN1. The molecule has 0 radical (unpaired) electrons. The third-order valence-electron chi connectivity index (χ3n) is 2.95. The second-order valence-electron chi connectivity index (χ2n) is 3.97. The smallest absolute Gasteiger partial charge is 0.165 e. The van der Waals surface area contributed by atoms with Gasteiger partial charge in [-0.1, -0.05) is 6.42 Å². The summed E-state index contributed by atoms with van der Waals surface area (Å²) in [6.07, 6.45) is 2.93. The van der Waals surface area contributed by atoms with Crippen LogP contribution in [-0.4, -0.2) is 11.7 Å². The fourth-order valence-electron chi connectivity index (χ4n) is 2.13. The predicted octanol–water partition coefficient (Wildman–Crippen LogP) is 2.22. The Morgan fingerprint density at radius 2 is 2.25 bits per heavy atom. The summed E-state index contributed by atoms with van der Waals surface area (Å²) in [4.78, 5) is 0. The second-order valence-corrected chi connectivity index (χ2v) is 3.97. The Morgan fingerprint density at radius 3 is 2.88 bits per heavy atom. The average Bonchev–Trinajstić information content (AvgIpc) is 2.33. The van der Waals surface area contributed by atoms with E-state index in [2.05, 4.69) is 5.32 Å². The lowest BCUT2D eigenvalue weighted by atomic mass is 9.93. The number of hydrogen-bond donors (Lipinski definition) is 2. The van der Waals surface area contributed by atoms with Crippen molar-refractivity contribution in [1.29, 1.82) is 5.26 Å². The lowest BCUT2D eigenvalue weighted by molar-refractivity contribution is 0.377. The molecule has 1 aromatic rings. The summed E-state index contributed by atoms with van der Waals surface area (Å²) in [5, 5.41) is 21.8. The number of halogens is 1. The first-order valence-electron chi connectivity index (χ1n) is 5.39. The number of phenols is 1. The maximum Gasteiger partial charge on any atom is 0.165 e. The van der Waals surface area contributed by atoms with Crippen LogP contribution in [0.4, 0.5) is 4.39 Å². The van der Waals surface area contributed by atoms with Gasteiger partial charge in [-0.05, 0) is 31.5 Å². The van der Waals surface area contributed by atoms with Crippen molar-refractivity contribution in [2.45, 2.75) is 25.3 Å². The molecule has 1 aromatic carbocycles. The van der Waals surface area contributed by atoms with Crippen LogP contribution in [0.3, 0.4) is 0 Å². The van der Waals surface area contributed by atoms with Crippen LogP contribution >= 0.6 is 0 Å². The Hall–Kier alpha value is -1.60. The summed E-state index contributed by atoms with van der Waals surface area (Å²) < 4.78 is 13.3. The van der Waals surface area contributed by atoms with Gasteiger partial charge in [0.05, 0.1) is 11.6 Å². The molecule has 1 saturated heterocycles. The summed E-state index contributed by atoms with van der Waals surface area (Å²) in [5.74, 6) is -1.06. The van der Waals surface area contributed by atoms with E-state index >= 15 is 0 Å². The van der Waals surface area contributed by atoms with Crippen molar-refractivity contribution in [2.75, 3.05) is 6.54 Å². The third-order valence-corrected chi connectivity index (χ3v) is 2.95. The molecule has 16 heavy (non-hydrogen) atoms. The maximum atomic E-state index is 13.3. The molecule has 0 aliphatic carbocycles. The first kappa shape index (κ1) is 10.9. The molecule has 2 rings (SSSR count). The van der Waals surface area contributed by atoms with Crippen LogP contribution in [0, 0.1) is 17.1 Å². The molecule has 0 bridgehead atoms. The number of piperidine rings is 1. The fourth-order valence-corrected chi connectivity index (χ4v) is 2.13. The van der Waals surface area contributed by atoms with Crippen molar-refractivity contribution in [2.24, 2.45) is 0 Å². The summed E-state index contributed by atoms with van der Waals surface area (Å²) in [6, 6.07) is 4.42. The summed E-state index contributed by atoms with van der Waals surface area (Å²) in [7, 11) is 0. The summed E-state index contributed by atoms with van der Waals surface area (Å²) in [5.41, 5.74) is 0.750. The normalized spacial score (nSPS) is 20.4. The lowest BCUT2D eigenvalue weighted by Gasteiger charge is -2.25. The molecule has 1 heterocycles. The molecule has 2 N–H and O–H groups in total. The van der Waals surface area contributed by atoms with Crippen molar-refractivity contribution in [3.05, 3.63) is 29.1 Å². The zero-order valence-corrected chi connectivity index (χ0v) is 8.83. The van der Waals surface area contributed by atoms with Gasteiger partial charge in [-0.15, -0.1) is 0 Å². The molecule has 1 fully saturated rings. The summed E-state index contributed by atoms with van der Waals surface area (Å²) in [6.45, 7) is 0.839. The minimum atomic E-state index is -0.665. The van der Waals surface area contributed by atoms with E-state index in [9.17, 15) is 9.50 Å². The van der Waals surface area contributed by atoms with Crippen LogP contribution in [0.25, 0.3) is 0 Å². The number of nitrogens with zero attached hydrogens (tertiary/aromatic N) is 1. The fraction of sp³-hybridized carbons (Fsp3) is 0.417. The van der Waals surface area contributed by atoms with Crippen LogP contribution in [0.1, 0.15) is 36.4 Å². The highest BCUT2D eigenvalue weighted by atomic mass is 19.1. The van der Waals surface area contributed by atoms with Gasteiger partial charge in [-0.3, -0.25) is 0 Å². The molecule has 1 atom stereocenters. The van der Waals surface area contributed by atoms with Gasteiger partial charge in [0.1, 0.15) is 0 Å². The second kappa shape index (κ2) is 4.50. The number of nitrogens with one attached hydrogen (secondary N) is 1. The number of rotatable bonds is 1. The van der Waals surface area contributed by atoms with Crippen LogP contribution < -0.4 is 5.32 Å². The Labute approximate surface area is 93.5 Å². The van der Waals surface area contributed by atoms with Gasteiger partial charge < -0.3 is 10.4 Å². The van der Waals surface area contributed by atoms with Crippen LogP contribution in [0.15, 0.2) is 12.1 Å². The highest BCUT2D eigenvalue weighted by Crippen LogP contribution is 2.34. The van der Waals surface area contributed by atoms with Crippen molar-refractivity contribution < 1.29 is 9.50 Å². The van der Waals surface area contributed by atoms with E-state index in [0.717, 1.165) is 31.9 Å². The number of aromatic hydroxyl groups is 1. The lowest BCUT2D eigenvalue weighted by Crippen LogP contribution is -2.27. The van der Waals surface area contributed by atoms with Crippen molar-refractivity contribution in [1.82, 2.24) is 5.32 Å². The number of hydrogen-bond acceptors (Lipinski definition) is 3. The largest absolute Gasteiger partial charge is 0.505 e. The minimum Gasteiger partial charge on any atom is -0.505 e. The van der Waals surface area contributed by atoms with Crippen molar-refractivity contribution in [3.8, 4) is 11.8 Å². The molecule has 3 nitrogen and oxygen atoms in total. The number of phenolic OH excluding ortho intramolecular Hbond substituents is 1. The first-order valence-corrected chi connectivity index (χ1v) is 5.39. The van der Waals surface area contributed by atoms with E-state index in [4.69, 9.17) is 5.26 Å². The van der Waals surface area contributed by atoms with Gasteiger partial charge in [0.2, 0.25) is 0 Å². The van der Waals surface area contributed by atoms with E-state index in [0.29, 0.717) is 11.1 Å². The van der Waals surface area contributed by atoms with Gasteiger partial charge >= 0.3 is 0 Å². The molecule has 84 valence electrons.